The third kappa shape index (κ3) is 3.42. The summed E-state index contributed by atoms with van der Waals surface area (Å²) in [4.78, 5) is 14.9. The van der Waals surface area contributed by atoms with Crippen LogP contribution < -0.4 is 5.32 Å². The normalized spacial score (nSPS) is 10.7. The van der Waals surface area contributed by atoms with E-state index in [1.807, 2.05) is 0 Å². The number of ether oxygens (including phenoxy) is 1. The Morgan fingerprint density at radius 2 is 2.25 bits per heavy atom. The van der Waals surface area contributed by atoms with Crippen LogP contribution >= 0.6 is 0 Å². The minimum atomic E-state index is -0.890. The second kappa shape index (κ2) is 6.29. The van der Waals surface area contributed by atoms with Gasteiger partial charge in [-0.1, -0.05) is 0 Å². The average molecular weight is 278 g/mol. The lowest BCUT2D eigenvalue weighted by molar-refractivity contribution is -0.136. The van der Waals surface area contributed by atoms with Crippen molar-refractivity contribution in [1.82, 2.24) is 4.98 Å². The molecule has 0 saturated heterocycles. The molecule has 0 fully saturated rings. The second-order valence-electron chi connectivity index (χ2n) is 4.33. The molecular formula is C14H15FN2O3. The summed E-state index contributed by atoms with van der Waals surface area (Å²) >= 11 is 0. The van der Waals surface area contributed by atoms with Gasteiger partial charge in [0.2, 0.25) is 0 Å². The van der Waals surface area contributed by atoms with Crippen LogP contribution in [0, 0.1) is 5.82 Å². The molecule has 2 rings (SSSR count). The summed E-state index contributed by atoms with van der Waals surface area (Å²) in [5.74, 6) is -1.25. The number of halogens is 1. The van der Waals surface area contributed by atoms with Crippen LogP contribution in [0.2, 0.25) is 0 Å². The van der Waals surface area contributed by atoms with Crippen LogP contribution in [0.25, 0.3) is 10.9 Å². The van der Waals surface area contributed by atoms with Gasteiger partial charge in [0.25, 0.3) is 0 Å². The number of methoxy groups -OCH3 is 1. The van der Waals surface area contributed by atoms with Crippen molar-refractivity contribution in [2.75, 3.05) is 19.0 Å². The number of hydrogen-bond acceptors (Lipinski definition) is 4. The highest BCUT2D eigenvalue weighted by Gasteiger charge is 2.07. The van der Waals surface area contributed by atoms with Crippen LogP contribution in [0.4, 0.5) is 10.1 Å². The van der Waals surface area contributed by atoms with Crippen molar-refractivity contribution < 1.29 is 19.0 Å². The van der Waals surface area contributed by atoms with Crippen molar-refractivity contribution in [3.63, 3.8) is 0 Å². The van der Waals surface area contributed by atoms with Crippen LogP contribution in [-0.2, 0) is 16.1 Å². The second-order valence-corrected chi connectivity index (χ2v) is 4.33. The number of fused-ring (bicyclic) bond motifs is 1. The minimum Gasteiger partial charge on any atom is -0.481 e. The maximum atomic E-state index is 13.3. The van der Waals surface area contributed by atoms with E-state index in [1.165, 1.54) is 12.1 Å². The van der Waals surface area contributed by atoms with E-state index in [4.69, 9.17) is 9.84 Å². The van der Waals surface area contributed by atoms with Crippen LogP contribution in [0.5, 0.6) is 0 Å². The van der Waals surface area contributed by atoms with Crippen LogP contribution in [0.3, 0.4) is 0 Å². The highest BCUT2D eigenvalue weighted by molar-refractivity contribution is 5.91. The summed E-state index contributed by atoms with van der Waals surface area (Å²) < 4.78 is 18.4. The number of carboxylic acid groups (broad SMARTS) is 1. The number of anilines is 1. The van der Waals surface area contributed by atoms with Crippen molar-refractivity contribution in [3.8, 4) is 0 Å². The number of rotatable bonds is 6. The molecule has 0 aliphatic rings. The fraction of sp³-hybridized carbons (Fsp3) is 0.286. The first-order chi connectivity index (χ1) is 9.60. The number of benzene rings is 1. The molecule has 0 radical (unpaired) electrons. The molecule has 2 N–H and O–H groups in total. The maximum Gasteiger partial charge on any atom is 0.305 e. The Bertz CT molecular complexity index is 631. The molecule has 0 spiro atoms. The molecule has 20 heavy (non-hydrogen) atoms. The molecular weight excluding hydrogens is 263 g/mol. The number of nitrogens with one attached hydrogen (secondary N) is 1. The number of hydrogen-bond donors (Lipinski definition) is 2. The lowest BCUT2D eigenvalue weighted by atomic mass is 10.1. The number of pyridine rings is 1. The number of carboxylic acids is 1. The smallest absolute Gasteiger partial charge is 0.305 e. The number of nitrogens with zero attached hydrogens (tertiary/aromatic N) is 1. The SMILES string of the molecule is COCc1cc(NCCC(=O)O)c2cc(F)ccc2n1. The van der Waals surface area contributed by atoms with Gasteiger partial charge in [-0.15, -0.1) is 0 Å². The van der Waals surface area contributed by atoms with Gasteiger partial charge in [-0.3, -0.25) is 9.78 Å². The van der Waals surface area contributed by atoms with E-state index in [2.05, 4.69) is 10.3 Å². The van der Waals surface area contributed by atoms with E-state index < -0.39 is 5.97 Å². The largest absolute Gasteiger partial charge is 0.481 e. The quantitative estimate of drug-likeness (QED) is 0.849. The molecule has 0 saturated carbocycles. The van der Waals surface area contributed by atoms with Gasteiger partial charge in [-0.25, -0.2) is 4.39 Å². The third-order valence-corrected chi connectivity index (χ3v) is 2.77. The van der Waals surface area contributed by atoms with Crippen LogP contribution in [-0.4, -0.2) is 29.7 Å². The van der Waals surface area contributed by atoms with Gasteiger partial charge in [0.05, 0.1) is 24.2 Å². The first-order valence-electron chi connectivity index (χ1n) is 6.14. The van der Waals surface area contributed by atoms with Crippen molar-refractivity contribution >= 4 is 22.6 Å². The zero-order valence-corrected chi connectivity index (χ0v) is 11.0. The fourth-order valence-corrected chi connectivity index (χ4v) is 1.93. The van der Waals surface area contributed by atoms with Gasteiger partial charge in [-0.05, 0) is 24.3 Å². The average Bonchev–Trinajstić information content (AvgIpc) is 2.39. The summed E-state index contributed by atoms with van der Waals surface area (Å²) in [7, 11) is 1.56. The summed E-state index contributed by atoms with van der Waals surface area (Å²) in [6.45, 7) is 0.596. The predicted molar refractivity (Wildman–Crippen MR) is 73.2 cm³/mol. The van der Waals surface area contributed by atoms with Crippen molar-refractivity contribution in [3.05, 3.63) is 35.8 Å². The molecule has 6 heteroatoms. The van der Waals surface area contributed by atoms with E-state index in [1.54, 1.807) is 19.2 Å². The van der Waals surface area contributed by atoms with Crippen LogP contribution in [0.1, 0.15) is 12.1 Å². The standard InChI is InChI=1S/C14H15FN2O3/c1-20-8-10-7-13(16-5-4-14(18)19)11-6-9(15)2-3-12(11)17-10/h2-3,6-7H,4-5,8H2,1H3,(H,16,17)(H,18,19). The lowest BCUT2D eigenvalue weighted by Crippen LogP contribution is -2.08. The summed E-state index contributed by atoms with van der Waals surface area (Å²) in [5.41, 5.74) is 1.99. The van der Waals surface area contributed by atoms with E-state index in [-0.39, 0.29) is 18.8 Å². The van der Waals surface area contributed by atoms with E-state index in [0.29, 0.717) is 28.9 Å². The molecule has 0 aliphatic carbocycles. The topological polar surface area (TPSA) is 71.5 Å². The first-order valence-corrected chi connectivity index (χ1v) is 6.14. The van der Waals surface area contributed by atoms with Crippen molar-refractivity contribution in [2.45, 2.75) is 13.0 Å². The Kier molecular flexibility index (Phi) is 4.47. The van der Waals surface area contributed by atoms with E-state index in [9.17, 15) is 9.18 Å². The predicted octanol–water partition coefficient (Wildman–Crippen LogP) is 2.41. The Hall–Kier alpha value is -2.21. The van der Waals surface area contributed by atoms with Crippen molar-refractivity contribution in [2.24, 2.45) is 0 Å². The van der Waals surface area contributed by atoms with Crippen LogP contribution in [0.15, 0.2) is 24.3 Å². The van der Waals surface area contributed by atoms with Gasteiger partial charge in [0.1, 0.15) is 5.82 Å². The molecule has 1 aromatic heterocycles. The fourth-order valence-electron chi connectivity index (χ4n) is 1.93. The minimum absolute atomic E-state index is 0.0151. The molecule has 0 bridgehead atoms. The summed E-state index contributed by atoms with van der Waals surface area (Å²) in [5, 5.41) is 12.3. The zero-order chi connectivity index (χ0) is 14.5. The number of carbonyl (C=O) groups is 1. The number of aromatic nitrogens is 1. The molecule has 0 atom stereocenters. The highest BCUT2D eigenvalue weighted by Crippen LogP contribution is 2.24. The van der Waals surface area contributed by atoms with E-state index >= 15 is 0 Å². The molecule has 0 aliphatic heterocycles. The van der Waals surface area contributed by atoms with Gasteiger partial charge >= 0.3 is 5.97 Å². The molecule has 0 amide bonds. The monoisotopic (exact) mass is 278 g/mol. The molecule has 5 nitrogen and oxygen atoms in total. The van der Waals surface area contributed by atoms with Crippen molar-refractivity contribution in [1.29, 1.82) is 0 Å². The van der Waals surface area contributed by atoms with Gasteiger partial charge < -0.3 is 15.2 Å². The Balaban J connectivity index is 2.36. The Morgan fingerprint density at radius 3 is 2.95 bits per heavy atom. The number of aliphatic carboxylic acids is 1. The van der Waals surface area contributed by atoms with E-state index in [0.717, 1.165) is 0 Å². The summed E-state index contributed by atoms with van der Waals surface area (Å²) in [6, 6.07) is 6.05. The third-order valence-electron chi connectivity index (χ3n) is 2.77. The highest BCUT2D eigenvalue weighted by atomic mass is 19.1. The Labute approximate surface area is 115 Å². The zero-order valence-electron chi connectivity index (χ0n) is 11.0. The summed E-state index contributed by atoms with van der Waals surface area (Å²) in [6.07, 6.45) is -0.0151. The van der Waals surface area contributed by atoms with Gasteiger partial charge in [-0.2, -0.15) is 0 Å². The van der Waals surface area contributed by atoms with Gasteiger partial charge in [0.15, 0.2) is 0 Å². The molecule has 2 aromatic rings. The lowest BCUT2D eigenvalue weighted by Gasteiger charge is -2.11. The molecule has 1 heterocycles. The van der Waals surface area contributed by atoms with Gasteiger partial charge in [0, 0.05) is 24.7 Å². The first kappa shape index (κ1) is 14.2. The molecule has 106 valence electrons. The maximum absolute atomic E-state index is 13.3. The molecule has 0 unspecified atom stereocenters. The Morgan fingerprint density at radius 1 is 1.45 bits per heavy atom. The molecule has 1 aromatic carbocycles.